The van der Waals surface area contributed by atoms with Crippen molar-refractivity contribution >= 4 is 44.1 Å². The van der Waals surface area contributed by atoms with Crippen LogP contribution in [0, 0.1) is 17.7 Å². The number of benzene rings is 3. The van der Waals surface area contributed by atoms with Crippen molar-refractivity contribution in [2.75, 3.05) is 5.32 Å². The van der Waals surface area contributed by atoms with E-state index >= 15 is 0 Å². The van der Waals surface area contributed by atoms with E-state index in [0.717, 1.165) is 22.2 Å². The summed E-state index contributed by atoms with van der Waals surface area (Å²) in [6.07, 6.45) is 1.85. The minimum absolute atomic E-state index is 0.145. The molecule has 5 nitrogen and oxygen atoms in total. The Morgan fingerprint density at radius 2 is 1.79 bits per heavy atom. The lowest BCUT2D eigenvalue weighted by Gasteiger charge is -2.17. The first-order valence-corrected chi connectivity index (χ1v) is 11.6. The smallest absolute Gasteiger partial charge is 0.307 e. The van der Waals surface area contributed by atoms with Crippen LogP contribution in [0.25, 0.3) is 21.3 Å². The number of halogens is 1. The molecule has 1 saturated carbocycles. The van der Waals surface area contributed by atoms with Gasteiger partial charge in [-0.1, -0.05) is 60.2 Å². The largest absolute Gasteiger partial charge is 0.481 e. The normalized spacial score (nSPS) is 17.8. The Hall–Kier alpha value is -3.58. The van der Waals surface area contributed by atoms with Gasteiger partial charge in [0.25, 0.3) is 0 Å². The first kappa shape index (κ1) is 21.3. The topological polar surface area (TPSA) is 79.3 Å². The van der Waals surface area contributed by atoms with Crippen molar-refractivity contribution in [1.29, 1.82) is 0 Å². The molecule has 0 saturated heterocycles. The highest BCUT2D eigenvalue weighted by molar-refractivity contribution is 7.22. The van der Waals surface area contributed by atoms with Crippen molar-refractivity contribution in [1.82, 2.24) is 4.98 Å². The monoisotopic (exact) mass is 460 g/mol. The highest BCUT2D eigenvalue weighted by Crippen LogP contribution is 2.38. The summed E-state index contributed by atoms with van der Waals surface area (Å²) >= 11 is 1.33. The number of rotatable bonds is 6. The molecular weight excluding hydrogens is 439 g/mol. The van der Waals surface area contributed by atoms with E-state index < -0.39 is 17.8 Å². The summed E-state index contributed by atoms with van der Waals surface area (Å²) in [5.41, 5.74) is 3.71. The molecule has 0 unspecified atom stereocenters. The molecule has 7 heteroatoms. The summed E-state index contributed by atoms with van der Waals surface area (Å²) in [7, 11) is 0. The van der Waals surface area contributed by atoms with Crippen molar-refractivity contribution < 1.29 is 19.1 Å². The average molecular weight is 461 g/mol. The minimum atomic E-state index is -0.910. The van der Waals surface area contributed by atoms with Crippen LogP contribution in [0.1, 0.15) is 29.6 Å². The van der Waals surface area contributed by atoms with Crippen molar-refractivity contribution in [2.45, 2.75) is 19.3 Å². The van der Waals surface area contributed by atoms with Crippen LogP contribution in [0.15, 0.2) is 66.7 Å². The molecule has 5 rings (SSSR count). The number of aliphatic carboxylic acids is 1. The fourth-order valence-electron chi connectivity index (χ4n) is 4.52. The van der Waals surface area contributed by atoms with E-state index in [0.29, 0.717) is 34.7 Å². The van der Waals surface area contributed by atoms with Gasteiger partial charge >= 0.3 is 5.97 Å². The van der Waals surface area contributed by atoms with Crippen LogP contribution in [0.5, 0.6) is 0 Å². The zero-order chi connectivity index (χ0) is 22.9. The average Bonchev–Trinajstić information content (AvgIpc) is 3.46. The van der Waals surface area contributed by atoms with Crippen LogP contribution >= 0.6 is 11.3 Å². The van der Waals surface area contributed by atoms with Gasteiger partial charge in [-0.05, 0) is 42.7 Å². The third-order valence-corrected chi connectivity index (χ3v) is 7.08. The van der Waals surface area contributed by atoms with E-state index in [9.17, 15) is 19.1 Å². The van der Waals surface area contributed by atoms with E-state index in [1.165, 1.54) is 23.5 Å². The van der Waals surface area contributed by atoms with Gasteiger partial charge in [0.05, 0.1) is 16.1 Å². The second kappa shape index (κ2) is 8.75. The van der Waals surface area contributed by atoms with E-state index in [1.807, 2.05) is 36.4 Å². The lowest BCUT2D eigenvalue weighted by atomic mass is 9.87. The van der Waals surface area contributed by atoms with Crippen LogP contribution in [-0.2, 0) is 4.79 Å². The number of Topliss-reactive ketones (excluding diaryl/α,β-unsaturated/α-hetero) is 1. The van der Waals surface area contributed by atoms with Gasteiger partial charge in [0, 0.05) is 22.7 Å². The van der Waals surface area contributed by atoms with Crippen LogP contribution in [0.3, 0.4) is 0 Å². The van der Waals surface area contributed by atoms with Gasteiger partial charge in [0.15, 0.2) is 10.9 Å². The second-order valence-corrected chi connectivity index (χ2v) is 9.26. The van der Waals surface area contributed by atoms with E-state index in [4.69, 9.17) is 0 Å². The Bertz CT molecular complexity index is 1350. The number of carboxylic acids is 1. The minimum Gasteiger partial charge on any atom is -0.481 e. The maximum atomic E-state index is 13.6. The molecule has 33 heavy (non-hydrogen) atoms. The first-order valence-electron chi connectivity index (χ1n) is 10.8. The number of nitrogens with one attached hydrogen (secondary N) is 1. The van der Waals surface area contributed by atoms with Crippen molar-refractivity contribution in [3.63, 3.8) is 0 Å². The zero-order valence-corrected chi connectivity index (χ0v) is 18.4. The molecule has 1 aliphatic carbocycles. The molecule has 3 aromatic carbocycles. The number of anilines is 2. The van der Waals surface area contributed by atoms with Gasteiger partial charge in [-0.3, -0.25) is 9.59 Å². The quantitative estimate of drug-likeness (QED) is 0.320. The van der Waals surface area contributed by atoms with Gasteiger partial charge in [0.1, 0.15) is 5.82 Å². The van der Waals surface area contributed by atoms with Crippen molar-refractivity contribution in [2.24, 2.45) is 11.8 Å². The Morgan fingerprint density at radius 3 is 2.58 bits per heavy atom. The molecule has 0 aliphatic heterocycles. The fourth-order valence-corrected chi connectivity index (χ4v) is 5.42. The molecule has 2 atom stereocenters. The van der Waals surface area contributed by atoms with E-state index in [1.54, 1.807) is 18.2 Å². The highest BCUT2D eigenvalue weighted by atomic mass is 32.1. The standard InChI is InChI=1S/C26H21FN2O3S/c27-17-10-12-21-23(14-17)33-26(28-21)29-22-13-16(9-11-18(22)15-5-2-1-3-6-15)24(30)19-7-4-8-20(19)25(31)32/h1-3,5-6,9-14,19-20H,4,7-8H2,(H,28,29)(H,31,32)/t19-,20-/m0/s1. The van der Waals surface area contributed by atoms with Crippen LogP contribution < -0.4 is 5.32 Å². The SMILES string of the molecule is O=C(O)[C@H]1CCC[C@@H]1C(=O)c1ccc(-c2ccccc2)c(Nc2nc3ccc(F)cc3s2)c1. The summed E-state index contributed by atoms with van der Waals surface area (Å²) < 4.78 is 14.3. The predicted molar refractivity (Wildman–Crippen MR) is 128 cm³/mol. The summed E-state index contributed by atoms with van der Waals surface area (Å²) in [4.78, 5) is 29.4. The van der Waals surface area contributed by atoms with Gasteiger partial charge in [0.2, 0.25) is 0 Å². The number of carbonyl (C=O) groups excluding carboxylic acids is 1. The van der Waals surface area contributed by atoms with Gasteiger partial charge in [-0.15, -0.1) is 0 Å². The Balaban J connectivity index is 1.54. The molecule has 0 amide bonds. The van der Waals surface area contributed by atoms with E-state index in [-0.39, 0.29) is 11.6 Å². The molecule has 1 fully saturated rings. The number of nitrogens with zero attached hydrogens (tertiary/aromatic N) is 1. The van der Waals surface area contributed by atoms with Crippen molar-refractivity contribution in [3.8, 4) is 11.1 Å². The lowest BCUT2D eigenvalue weighted by Crippen LogP contribution is -2.25. The number of hydrogen-bond acceptors (Lipinski definition) is 5. The first-order chi connectivity index (χ1) is 16.0. The molecule has 1 aliphatic rings. The molecule has 0 spiro atoms. The number of hydrogen-bond donors (Lipinski definition) is 2. The van der Waals surface area contributed by atoms with Crippen molar-refractivity contribution in [3.05, 3.63) is 78.1 Å². The molecule has 0 radical (unpaired) electrons. The van der Waals surface area contributed by atoms with Gasteiger partial charge in [-0.25, -0.2) is 9.37 Å². The number of thiazole rings is 1. The summed E-state index contributed by atoms with van der Waals surface area (Å²) in [5.74, 6) is -2.52. The van der Waals surface area contributed by atoms with Gasteiger partial charge < -0.3 is 10.4 Å². The molecule has 1 aromatic heterocycles. The zero-order valence-electron chi connectivity index (χ0n) is 17.6. The van der Waals surface area contributed by atoms with Gasteiger partial charge in [-0.2, -0.15) is 0 Å². The number of aromatic nitrogens is 1. The summed E-state index contributed by atoms with van der Waals surface area (Å²) in [6.45, 7) is 0. The molecule has 4 aromatic rings. The lowest BCUT2D eigenvalue weighted by molar-refractivity contribution is -0.142. The Labute approximate surface area is 193 Å². The Kier molecular flexibility index (Phi) is 5.64. The number of ketones is 1. The molecule has 2 N–H and O–H groups in total. The molecular formula is C26H21FN2O3S. The fraction of sp³-hybridized carbons (Fsp3) is 0.192. The predicted octanol–water partition coefficient (Wildman–Crippen LogP) is 6.53. The maximum Gasteiger partial charge on any atom is 0.307 e. The Morgan fingerprint density at radius 1 is 1.00 bits per heavy atom. The molecule has 0 bridgehead atoms. The summed E-state index contributed by atoms with van der Waals surface area (Å²) in [5, 5.41) is 13.4. The number of carboxylic acid groups (broad SMARTS) is 1. The highest BCUT2D eigenvalue weighted by Gasteiger charge is 2.38. The third-order valence-electron chi connectivity index (χ3n) is 6.15. The maximum absolute atomic E-state index is 13.6. The van der Waals surface area contributed by atoms with E-state index in [2.05, 4.69) is 10.3 Å². The summed E-state index contributed by atoms with van der Waals surface area (Å²) in [6, 6.07) is 19.6. The molecule has 1 heterocycles. The number of carbonyl (C=O) groups is 2. The van der Waals surface area contributed by atoms with Crippen LogP contribution in [-0.4, -0.2) is 21.8 Å². The number of fused-ring (bicyclic) bond motifs is 1. The second-order valence-electron chi connectivity index (χ2n) is 8.23. The van der Waals surface area contributed by atoms with Crippen LogP contribution in [0.2, 0.25) is 0 Å². The molecule has 166 valence electrons. The third kappa shape index (κ3) is 4.24. The van der Waals surface area contributed by atoms with Crippen LogP contribution in [0.4, 0.5) is 15.2 Å².